The van der Waals surface area contributed by atoms with Crippen LogP contribution in [0.15, 0.2) is 0 Å². The average Bonchev–Trinajstić information content (AvgIpc) is 3.37. The molecule has 0 aliphatic heterocycles. The third-order valence-corrected chi connectivity index (χ3v) is 16.8. The molecule has 76 heavy (non-hydrogen) atoms. The summed E-state index contributed by atoms with van der Waals surface area (Å²) in [7, 11) is 18.3. The average molecular weight is 1140 g/mol. The number of rotatable bonds is 54. The quantitative estimate of drug-likeness (QED) is 0.0280. The van der Waals surface area contributed by atoms with E-state index in [0.717, 1.165) is 0 Å². The summed E-state index contributed by atoms with van der Waals surface area (Å²) in [6.07, 6.45) is 69.1. The van der Waals surface area contributed by atoms with E-state index in [9.17, 15) is 0 Å². The number of hydrogen-bond donors (Lipinski definition) is 1. The van der Waals surface area contributed by atoms with Gasteiger partial charge in [-0.25, -0.2) is 0 Å². The molecule has 0 aromatic rings. The van der Waals surface area contributed by atoms with E-state index in [2.05, 4.69) is 109 Å². The van der Waals surface area contributed by atoms with Gasteiger partial charge in [-0.05, 0) is 77.0 Å². The monoisotopic (exact) mass is 1140 g/mol. The van der Waals surface area contributed by atoms with Gasteiger partial charge in [0.05, 0.1) is 81.6 Å². The second-order valence-corrected chi connectivity index (χ2v) is 27.3. The second kappa shape index (κ2) is 67.9. The topological polar surface area (TPSA) is 3.24 Å². The van der Waals surface area contributed by atoms with Crippen LogP contribution in [-0.2, 0) is 0 Å². The minimum Gasteiger partial charge on any atom is -0.364 e. The van der Waals surface area contributed by atoms with Crippen molar-refractivity contribution in [1.29, 1.82) is 0 Å². The maximum absolute atomic E-state index is 4.61. The number of thiol groups is 1. The standard InChI is InChI=1S/3C22H48N.C3H7NS2.ClH/c3*1-5-7-9-11-13-15-17-19-21-23(3,4)22-20-18-16-14-12-10-8-6-2;1-4(2)3(5)6;/h3*5-22H2,1-4H3;1-2H3,(H,5,6);1H/q3*+1;;. The molecule has 0 fully saturated rings. The van der Waals surface area contributed by atoms with E-state index in [-0.39, 0.29) is 12.4 Å². The Kier molecular flexibility index (Phi) is 76.1. The Labute approximate surface area is 502 Å². The number of nitrogens with zero attached hydrogens (tertiary/aromatic N) is 4. The third-order valence-electron chi connectivity index (χ3n) is 16.1. The molecule has 0 amide bonds. The molecule has 0 aliphatic carbocycles. The van der Waals surface area contributed by atoms with Gasteiger partial charge in [-0.1, -0.05) is 285 Å². The van der Waals surface area contributed by atoms with E-state index in [0.29, 0.717) is 4.32 Å². The van der Waals surface area contributed by atoms with Crippen molar-refractivity contribution in [1.82, 2.24) is 4.90 Å². The van der Waals surface area contributed by atoms with E-state index in [1.54, 1.807) is 4.90 Å². The van der Waals surface area contributed by atoms with Gasteiger partial charge in [0.2, 0.25) is 0 Å². The number of quaternary nitrogens is 3. The molecule has 4 nitrogen and oxygen atoms in total. The highest BCUT2D eigenvalue weighted by Gasteiger charge is 2.16. The van der Waals surface area contributed by atoms with E-state index < -0.39 is 0 Å². The predicted octanol–water partition coefficient (Wildman–Crippen LogP) is 23.2. The summed E-state index contributed by atoms with van der Waals surface area (Å²) >= 11 is 8.46. The zero-order chi connectivity index (χ0) is 56.8. The van der Waals surface area contributed by atoms with Crippen molar-refractivity contribution in [3.05, 3.63) is 0 Å². The summed E-state index contributed by atoms with van der Waals surface area (Å²) in [6.45, 7) is 22.1. The summed E-state index contributed by atoms with van der Waals surface area (Å²) in [4.78, 5) is 1.76. The van der Waals surface area contributed by atoms with Crippen LogP contribution in [0.4, 0.5) is 0 Å². The second-order valence-electron chi connectivity index (χ2n) is 26.2. The molecular weight excluding hydrogens is 984 g/mol. The summed E-state index contributed by atoms with van der Waals surface area (Å²) in [6, 6.07) is 0. The smallest absolute Gasteiger partial charge is 0.132 e. The molecule has 0 spiro atoms. The minimum atomic E-state index is 0. The fourth-order valence-electron chi connectivity index (χ4n) is 10.4. The van der Waals surface area contributed by atoms with Crippen molar-refractivity contribution in [3.8, 4) is 0 Å². The number of unbranched alkanes of at least 4 members (excludes halogenated alkanes) is 42. The molecule has 0 saturated heterocycles. The predicted molar refractivity (Wildman–Crippen MR) is 364 cm³/mol. The maximum atomic E-state index is 4.61. The summed E-state index contributed by atoms with van der Waals surface area (Å²) in [5, 5.41) is 0. The molecular formula is C69H152ClN4S2+3. The minimum absolute atomic E-state index is 0. The summed E-state index contributed by atoms with van der Waals surface area (Å²) in [5.41, 5.74) is 0. The SMILES string of the molecule is CCCCCCCCCC[N+](C)(C)CCCCCCCCCC.CCCCCCCCCC[N+](C)(C)CCCCCCCCCC.CCCCCCCCCC[N+](C)(C)CCCCCCCCCC.CN(C)C(=S)S.Cl. The molecule has 7 heteroatoms. The van der Waals surface area contributed by atoms with Crippen LogP contribution in [0.1, 0.15) is 350 Å². The van der Waals surface area contributed by atoms with E-state index in [4.69, 9.17) is 0 Å². The van der Waals surface area contributed by atoms with Crippen molar-refractivity contribution >= 4 is 41.6 Å². The summed E-state index contributed by atoms with van der Waals surface area (Å²) in [5.74, 6) is 0. The van der Waals surface area contributed by atoms with Gasteiger partial charge in [0.1, 0.15) is 4.32 Å². The lowest BCUT2D eigenvalue weighted by Crippen LogP contribution is -2.41. The van der Waals surface area contributed by atoms with E-state index >= 15 is 0 Å². The third kappa shape index (κ3) is 80.9. The van der Waals surface area contributed by atoms with Crippen molar-refractivity contribution < 1.29 is 13.4 Å². The van der Waals surface area contributed by atoms with Crippen LogP contribution in [-0.4, -0.2) is 118 Å². The van der Waals surface area contributed by atoms with Crippen molar-refractivity contribution in [3.63, 3.8) is 0 Å². The Morgan fingerprint density at radius 1 is 0.250 bits per heavy atom. The lowest BCUT2D eigenvalue weighted by molar-refractivity contribution is -0.890. The first-order valence-corrected chi connectivity index (χ1v) is 35.2. The first kappa shape index (κ1) is 85.2. The van der Waals surface area contributed by atoms with Gasteiger partial charge in [-0.15, -0.1) is 25.0 Å². The maximum Gasteiger partial charge on any atom is 0.132 e. The Morgan fingerprint density at radius 2 is 0.342 bits per heavy atom. The van der Waals surface area contributed by atoms with Crippen LogP contribution >= 0.6 is 37.3 Å². The number of thiocarbonyl (C=S) groups is 1. The van der Waals surface area contributed by atoms with Gasteiger partial charge < -0.3 is 18.3 Å². The fourth-order valence-corrected chi connectivity index (χ4v) is 10.4. The van der Waals surface area contributed by atoms with Gasteiger partial charge in [0.15, 0.2) is 0 Å². The van der Waals surface area contributed by atoms with Gasteiger partial charge in [0.25, 0.3) is 0 Å². The van der Waals surface area contributed by atoms with Crippen molar-refractivity contribution in [2.75, 3.05) is 95.6 Å². The molecule has 0 N–H and O–H groups in total. The van der Waals surface area contributed by atoms with Crippen LogP contribution in [0.2, 0.25) is 0 Å². The van der Waals surface area contributed by atoms with Gasteiger partial charge in [-0.3, -0.25) is 0 Å². The first-order valence-electron chi connectivity index (χ1n) is 34.4. The highest BCUT2D eigenvalue weighted by atomic mass is 35.5. The fraction of sp³-hybridized carbons (Fsp3) is 0.986. The van der Waals surface area contributed by atoms with Crippen LogP contribution in [0.5, 0.6) is 0 Å². The molecule has 464 valence electrons. The molecule has 0 unspecified atom stereocenters. The normalized spacial score (nSPS) is 11.5. The summed E-state index contributed by atoms with van der Waals surface area (Å²) < 4.78 is 4.35. The Bertz CT molecular complexity index is 872. The van der Waals surface area contributed by atoms with E-state index in [1.807, 2.05) is 14.1 Å². The molecule has 0 aromatic heterocycles. The molecule has 0 heterocycles. The van der Waals surface area contributed by atoms with Crippen LogP contribution in [0, 0.1) is 0 Å². The zero-order valence-corrected chi connectivity index (χ0v) is 58.3. The molecule has 0 rings (SSSR count). The molecule has 0 aliphatic rings. The molecule has 0 aromatic carbocycles. The highest BCUT2D eigenvalue weighted by molar-refractivity contribution is 8.10. The Morgan fingerprint density at radius 3 is 0.434 bits per heavy atom. The molecule has 0 bridgehead atoms. The molecule has 0 saturated carbocycles. The van der Waals surface area contributed by atoms with Crippen LogP contribution in [0.25, 0.3) is 0 Å². The largest absolute Gasteiger partial charge is 0.364 e. The first-order chi connectivity index (χ1) is 36.0. The molecule has 0 radical (unpaired) electrons. The van der Waals surface area contributed by atoms with Gasteiger partial charge in [-0.2, -0.15) is 0 Å². The van der Waals surface area contributed by atoms with Gasteiger partial charge in [0, 0.05) is 14.1 Å². The van der Waals surface area contributed by atoms with Gasteiger partial charge >= 0.3 is 0 Å². The Hall–Kier alpha value is 0.410. The highest BCUT2D eigenvalue weighted by Crippen LogP contribution is 2.17. The van der Waals surface area contributed by atoms with Crippen LogP contribution < -0.4 is 0 Å². The van der Waals surface area contributed by atoms with E-state index in [1.165, 1.54) is 361 Å². The molecule has 0 atom stereocenters. The Balaban J connectivity index is -0.000000312. The lowest BCUT2D eigenvalue weighted by Gasteiger charge is -2.30. The van der Waals surface area contributed by atoms with Crippen molar-refractivity contribution in [2.24, 2.45) is 0 Å². The van der Waals surface area contributed by atoms with Crippen LogP contribution in [0.3, 0.4) is 0 Å². The van der Waals surface area contributed by atoms with Crippen molar-refractivity contribution in [2.45, 2.75) is 350 Å². The lowest BCUT2D eigenvalue weighted by atomic mass is 10.1. The number of halogens is 1. The zero-order valence-electron chi connectivity index (χ0n) is 55.7. The number of hydrogen-bond acceptors (Lipinski definition) is 1.